The third-order valence-corrected chi connectivity index (χ3v) is 3.91. The summed E-state index contributed by atoms with van der Waals surface area (Å²) in [4.78, 5) is 26.9. The summed E-state index contributed by atoms with van der Waals surface area (Å²) >= 11 is 4.57. The summed E-state index contributed by atoms with van der Waals surface area (Å²) in [6.07, 6.45) is 1.20. The van der Waals surface area contributed by atoms with Crippen molar-refractivity contribution in [2.24, 2.45) is 0 Å². The minimum absolute atomic E-state index is 0.0744. The number of carbonyl (C=O) groups is 2. The highest BCUT2D eigenvalue weighted by molar-refractivity contribution is 9.10. The molecule has 0 bridgehead atoms. The minimum atomic E-state index is -1.05. The molecule has 0 spiro atoms. The number of halogens is 1. The topological polar surface area (TPSA) is 79.3 Å². The molecule has 2 rings (SSSR count). The molecule has 0 fully saturated rings. The summed E-state index contributed by atoms with van der Waals surface area (Å²) in [6, 6.07) is 4.61. The van der Waals surface area contributed by atoms with E-state index in [4.69, 9.17) is 5.11 Å². The van der Waals surface area contributed by atoms with E-state index in [0.717, 1.165) is 0 Å². The Morgan fingerprint density at radius 3 is 2.61 bits per heavy atom. The molecule has 0 aliphatic heterocycles. The number of hydrogen-bond acceptors (Lipinski definition) is 4. The van der Waals surface area contributed by atoms with Gasteiger partial charge in [-0.05, 0) is 39.5 Å². The third kappa shape index (κ3) is 2.74. The fourth-order valence-electron chi connectivity index (χ4n) is 1.22. The monoisotopic (exact) mass is 326 g/mol. The molecule has 2 aromatic heterocycles. The fourth-order valence-corrected chi connectivity index (χ4v) is 2.67. The SMILES string of the molecule is O=C(O)c1ccc(NC(=O)c2sccc2Br)nc1. The van der Waals surface area contributed by atoms with Gasteiger partial charge in [0, 0.05) is 10.7 Å². The highest BCUT2D eigenvalue weighted by Gasteiger charge is 2.12. The van der Waals surface area contributed by atoms with Crippen molar-refractivity contribution in [3.8, 4) is 0 Å². The molecule has 1 amide bonds. The van der Waals surface area contributed by atoms with E-state index in [2.05, 4.69) is 26.2 Å². The second kappa shape index (κ2) is 5.28. The molecule has 2 N–H and O–H groups in total. The van der Waals surface area contributed by atoms with Crippen molar-refractivity contribution >= 4 is 45.0 Å². The van der Waals surface area contributed by atoms with Gasteiger partial charge in [0.1, 0.15) is 10.7 Å². The van der Waals surface area contributed by atoms with Gasteiger partial charge in [0.2, 0.25) is 0 Å². The Morgan fingerprint density at radius 1 is 1.33 bits per heavy atom. The van der Waals surface area contributed by atoms with E-state index in [9.17, 15) is 9.59 Å². The number of aromatic nitrogens is 1. The van der Waals surface area contributed by atoms with E-state index >= 15 is 0 Å². The molecule has 5 nitrogen and oxygen atoms in total. The molecule has 7 heteroatoms. The molecule has 0 radical (unpaired) electrons. The van der Waals surface area contributed by atoms with E-state index < -0.39 is 5.97 Å². The van der Waals surface area contributed by atoms with Crippen LogP contribution in [0.25, 0.3) is 0 Å². The normalized spacial score (nSPS) is 10.1. The predicted octanol–water partition coefficient (Wildman–Crippen LogP) is 2.86. The molecular formula is C11H7BrN2O3S. The Hall–Kier alpha value is -1.73. The smallest absolute Gasteiger partial charge is 0.337 e. The summed E-state index contributed by atoms with van der Waals surface area (Å²) in [5.41, 5.74) is 0.0744. The van der Waals surface area contributed by atoms with Crippen LogP contribution in [0.1, 0.15) is 20.0 Å². The number of hydrogen-bond donors (Lipinski definition) is 2. The third-order valence-electron chi connectivity index (χ3n) is 2.08. The van der Waals surface area contributed by atoms with Crippen LogP contribution in [0.4, 0.5) is 5.82 Å². The quantitative estimate of drug-likeness (QED) is 0.908. The molecule has 0 unspecified atom stereocenters. The van der Waals surface area contributed by atoms with Crippen LogP contribution in [-0.2, 0) is 0 Å². The van der Waals surface area contributed by atoms with Crippen LogP contribution >= 0.6 is 27.3 Å². The molecule has 2 heterocycles. The van der Waals surface area contributed by atoms with Crippen molar-refractivity contribution in [1.82, 2.24) is 4.98 Å². The lowest BCUT2D eigenvalue weighted by Gasteiger charge is -2.03. The Balaban J connectivity index is 2.13. The second-order valence-corrected chi connectivity index (χ2v) is 5.06. The van der Waals surface area contributed by atoms with E-state index in [1.165, 1.54) is 29.7 Å². The molecule has 2 aromatic rings. The first-order chi connectivity index (χ1) is 8.58. The lowest BCUT2D eigenvalue weighted by Crippen LogP contribution is -2.12. The molecular weight excluding hydrogens is 320 g/mol. The largest absolute Gasteiger partial charge is 0.478 e. The van der Waals surface area contributed by atoms with Gasteiger partial charge in [0.15, 0.2) is 0 Å². The van der Waals surface area contributed by atoms with Crippen molar-refractivity contribution in [2.45, 2.75) is 0 Å². The molecule has 92 valence electrons. The van der Waals surface area contributed by atoms with Crippen molar-refractivity contribution in [3.63, 3.8) is 0 Å². The Morgan fingerprint density at radius 2 is 2.11 bits per heavy atom. The van der Waals surface area contributed by atoms with Crippen molar-refractivity contribution in [3.05, 3.63) is 44.7 Å². The summed E-state index contributed by atoms with van der Waals surface area (Å²) in [7, 11) is 0. The number of pyridine rings is 1. The van der Waals surface area contributed by atoms with E-state index in [1.807, 2.05) is 0 Å². The molecule has 0 aromatic carbocycles. The molecule has 0 aliphatic carbocycles. The van der Waals surface area contributed by atoms with Crippen molar-refractivity contribution < 1.29 is 14.7 Å². The minimum Gasteiger partial charge on any atom is -0.478 e. The Kier molecular flexibility index (Phi) is 3.73. The number of nitrogens with zero attached hydrogens (tertiary/aromatic N) is 1. The van der Waals surface area contributed by atoms with Crippen LogP contribution in [0.3, 0.4) is 0 Å². The van der Waals surface area contributed by atoms with Crippen LogP contribution in [0, 0.1) is 0 Å². The van der Waals surface area contributed by atoms with Crippen LogP contribution in [0.2, 0.25) is 0 Å². The lowest BCUT2D eigenvalue weighted by molar-refractivity contribution is 0.0696. The molecule has 0 saturated heterocycles. The number of carboxylic acids is 1. The number of carboxylic acid groups (broad SMARTS) is 1. The maximum atomic E-state index is 11.8. The zero-order chi connectivity index (χ0) is 13.1. The summed E-state index contributed by atoms with van der Waals surface area (Å²) in [5.74, 6) is -1.03. The van der Waals surface area contributed by atoms with Gasteiger partial charge in [0.25, 0.3) is 5.91 Å². The summed E-state index contributed by atoms with van der Waals surface area (Å²) < 4.78 is 0.715. The van der Waals surface area contributed by atoms with Gasteiger partial charge in [-0.1, -0.05) is 0 Å². The van der Waals surface area contributed by atoms with Crippen LogP contribution in [0.15, 0.2) is 34.2 Å². The number of thiophene rings is 1. The van der Waals surface area contributed by atoms with E-state index in [1.54, 1.807) is 11.4 Å². The molecule has 0 aliphatic rings. The van der Waals surface area contributed by atoms with Crippen LogP contribution < -0.4 is 5.32 Å². The average molecular weight is 327 g/mol. The number of rotatable bonds is 3. The average Bonchev–Trinajstić information content (AvgIpc) is 2.76. The lowest BCUT2D eigenvalue weighted by atomic mass is 10.3. The maximum absolute atomic E-state index is 11.8. The number of amides is 1. The zero-order valence-corrected chi connectivity index (χ0v) is 11.3. The van der Waals surface area contributed by atoms with Gasteiger partial charge in [-0.3, -0.25) is 4.79 Å². The number of aromatic carboxylic acids is 1. The molecule has 0 atom stereocenters. The standard InChI is InChI=1S/C11H7BrN2O3S/c12-7-3-4-18-9(7)10(15)14-8-2-1-6(5-13-8)11(16)17/h1-5H,(H,16,17)(H,13,14,15). The van der Waals surface area contributed by atoms with Gasteiger partial charge in [0.05, 0.1) is 5.56 Å². The van der Waals surface area contributed by atoms with E-state index in [0.29, 0.717) is 15.2 Å². The van der Waals surface area contributed by atoms with Crippen LogP contribution in [0.5, 0.6) is 0 Å². The zero-order valence-electron chi connectivity index (χ0n) is 8.88. The number of anilines is 1. The van der Waals surface area contributed by atoms with Gasteiger partial charge in [-0.25, -0.2) is 9.78 Å². The summed E-state index contributed by atoms with van der Waals surface area (Å²) in [6.45, 7) is 0. The Bertz CT molecular complexity index is 595. The first kappa shape index (κ1) is 12.7. The first-order valence-electron chi connectivity index (χ1n) is 4.81. The van der Waals surface area contributed by atoms with Crippen LogP contribution in [-0.4, -0.2) is 22.0 Å². The highest BCUT2D eigenvalue weighted by atomic mass is 79.9. The summed E-state index contributed by atoms with van der Waals surface area (Å²) in [5, 5.41) is 13.1. The molecule has 0 saturated carbocycles. The second-order valence-electron chi connectivity index (χ2n) is 3.29. The van der Waals surface area contributed by atoms with Crippen molar-refractivity contribution in [1.29, 1.82) is 0 Å². The van der Waals surface area contributed by atoms with Gasteiger partial charge >= 0.3 is 5.97 Å². The van der Waals surface area contributed by atoms with E-state index in [-0.39, 0.29) is 11.5 Å². The predicted molar refractivity (Wildman–Crippen MR) is 71.2 cm³/mol. The fraction of sp³-hybridized carbons (Fsp3) is 0. The maximum Gasteiger partial charge on any atom is 0.337 e. The van der Waals surface area contributed by atoms with Gasteiger partial charge in [-0.15, -0.1) is 11.3 Å². The Labute approximate surface area is 115 Å². The molecule has 18 heavy (non-hydrogen) atoms. The first-order valence-corrected chi connectivity index (χ1v) is 6.49. The highest BCUT2D eigenvalue weighted by Crippen LogP contribution is 2.23. The van der Waals surface area contributed by atoms with Gasteiger partial charge in [-0.2, -0.15) is 0 Å². The van der Waals surface area contributed by atoms with Gasteiger partial charge < -0.3 is 10.4 Å². The number of nitrogens with one attached hydrogen (secondary N) is 1. The van der Waals surface area contributed by atoms with Crippen molar-refractivity contribution in [2.75, 3.05) is 5.32 Å². The number of carbonyl (C=O) groups excluding carboxylic acids is 1.